The Morgan fingerprint density at radius 1 is 1.05 bits per heavy atom. The third kappa shape index (κ3) is 3.03. The van der Waals surface area contributed by atoms with Gasteiger partial charge in [0.15, 0.2) is 0 Å². The van der Waals surface area contributed by atoms with Gasteiger partial charge in [-0.05, 0) is 43.2 Å². The first-order valence-corrected chi connectivity index (χ1v) is 7.79. The fraction of sp³-hybridized carbons (Fsp3) is 0.250. The number of aromatic amines is 1. The van der Waals surface area contributed by atoms with Crippen molar-refractivity contribution in [2.75, 3.05) is 13.1 Å². The fourth-order valence-corrected chi connectivity index (χ4v) is 3.14. The van der Waals surface area contributed by atoms with Gasteiger partial charge in [0, 0.05) is 34.4 Å². The number of halogens is 2. The first-order valence-electron chi connectivity index (χ1n) is 7.04. The molecule has 0 bridgehead atoms. The number of H-pyrrole nitrogens is 1. The van der Waals surface area contributed by atoms with Crippen LogP contribution in [0.25, 0.3) is 11.3 Å². The Balaban J connectivity index is 1.95. The number of nitrogens with zero attached hydrogens (tertiary/aromatic N) is 1. The summed E-state index contributed by atoms with van der Waals surface area (Å²) in [4.78, 5) is 28.9. The molecule has 0 saturated carbocycles. The molecule has 0 spiro atoms. The molecule has 1 fully saturated rings. The minimum atomic E-state index is -0.398. The van der Waals surface area contributed by atoms with Crippen molar-refractivity contribution in [3.8, 4) is 11.3 Å². The van der Waals surface area contributed by atoms with Gasteiger partial charge < -0.3 is 9.88 Å². The van der Waals surface area contributed by atoms with E-state index in [2.05, 4.69) is 4.98 Å². The van der Waals surface area contributed by atoms with E-state index in [4.69, 9.17) is 23.2 Å². The lowest BCUT2D eigenvalue weighted by Crippen LogP contribution is -2.32. The molecular formula is C16H14Cl2N2O2. The van der Waals surface area contributed by atoms with Crippen LogP contribution in [0.2, 0.25) is 10.0 Å². The van der Waals surface area contributed by atoms with Gasteiger partial charge in [0.1, 0.15) is 5.56 Å². The standard InChI is InChI=1S/C16H14Cl2N2O2/c17-11-7-10(8-12(18)9-11)14-4-3-13(15(21)19-14)16(22)20-5-1-2-6-20/h3-4,7-9H,1-2,5-6H2,(H,19,21). The maximum Gasteiger partial charge on any atom is 0.261 e. The number of likely N-dealkylation sites (tertiary alicyclic amines) is 1. The molecule has 0 aliphatic carbocycles. The van der Waals surface area contributed by atoms with Crippen molar-refractivity contribution >= 4 is 29.1 Å². The highest BCUT2D eigenvalue weighted by molar-refractivity contribution is 6.35. The molecule has 1 aromatic heterocycles. The largest absolute Gasteiger partial charge is 0.338 e. The molecule has 0 unspecified atom stereocenters. The maximum atomic E-state index is 12.3. The number of aromatic nitrogens is 1. The third-order valence-corrected chi connectivity index (χ3v) is 4.14. The number of benzene rings is 1. The molecule has 22 heavy (non-hydrogen) atoms. The van der Waals surface area contributed by atoms with Crippen molar-refractivity contribution in [3.63, 3.8) is 0 Å². The van der Waals surface area contributed by atoms with Crippen LogP contribution in [0.3, 0.4) is 0 Å². The highest BCUT2D eigenvalue weighted by atomic mass is 35.5. The third-order valence-electron chi connectivity index (χ3n) is 3.71. The van der Waals surface area contributed by atoms with Gasteiger partial charge >= 0.3 is 0 Å². The summed E-state index contributed by atoms with van der Waals surface area (Å²) < 4.78 is 0. The van der Waals surface area contributed by atoms with Crippen LogP contribution < -0.4 is 5.56 Å². The van der Waals surface area contributed by atoms with Gasteiger partial charge in [0.25, 0.3) is 11.5 Å². The molecular weight excluding hydrogens is 323 g/mol. The number of carbonyl (C=O) groups excluding carboxylic acids is 1. The van der Waals surface area contributed by atoms with Crippen molar-refractivity contribution < 1.29 is 4.79 Å². The molecule has 2 heterocycles. The summed E-state index contributed by atoms with van der Waals surface area (Å²) in [5, 5.41) is 0.973. The number of hydrogen-bond acceptors (Lipinski definition) is 2. The van der Waals surface area contributed by atoms with Crippen LogP contribution in [-0.4, -0.2) is 28.9 Å². The lowest BCUT2D eigenvalue weighted by Gasteiger charge is -2.14. The van der Waals surface area contributed by atoms with E-state index >= 15 is 0 Å². The molecule has 2 aromatic rings. The van der Waals surface area contributed by atoms with E-state index in [0.29, 0.717) is 34.4 Å². The number of amides is 1. The van der Waals surface area contributed by atoms with Crippen LogP contribution in [0, 0.1) is 0 Å². The van der Waals surface area contributed by atoms with Gasteiger partial charge in [-0.25, -0.2) is 0 Å². The molecule has 1 aliphatic heterocycles. The maximum absolute atomic E-state index is 12.3. The second kappa shape index (κ2) is 6.15. The highest BCUT2D eigenvalue weighted by Crippen LogP contribution is 2.25. The number of rotatable bonds is 2. The Morgan fingerprint density at radius 2 is 1.68 bits per heavy atom. The van der Waals surface area contributed by atoms with Crippen molar-refractivity contribution in [3.05, 3.63) is 56.3 Å². The van der Waals surface area contributed by atoms with Crippen LogP contribution in [-0.2, 0) is 0 Å². The average Bonchev–Trinajstić information content (AvgIpc) is 2.99. The molecule has 1 amide bonds. The van der Waals surface area contributed by atoms with Gasteiger partial charge in [-0.1, -0.05) is 23.2 Å². The molecule has 4 nitrogen and oxygen atoms in total. The Morgan fingerprint density at radius 3 is 2.27 bits per heavy atom. The van der Waals surface area contributed by atoms with E-state index in [1.165, 1.54) is 0 Å². The average molecular weight is 337 g/mol. The van der Waals surface area contributed by atoms with Crippen LogP contribution in [0.15, 0.2) is 35.1 Å². The topological polar surface area (TPSA) is 53.2 Å². The van der Waals surface area contributed by atoms with Crippen molar-refractivity contribution in [2.24, 2.45) is 0 Å². The van der Waals surface area contributed by atoms with Gasteiger partial charge in [-0.2, -0.15) is 0 Å². The minimum absolute atomic E-state index is 0.166. The number of carbonyl (C=O) groups is 1. The quantitative estimate of drug-likeness (QED) is 0.911. The predicted molar refractivity (Wildman–Crippen MR) is 87.7 cm³/mol. The molecule has 3 rings (SSSR count). The molecule has 0 radical (unpaired) electrons. The lowest BCUT2D eigenvalue weighted by atomic mass is 10.1. The second-order valence-corrected chi connectivity index (χ2v) is 6.15. The monoisotopic (exact) mass is 336 g/mol. The van der Waals surface area contributed by atoms with E-state index in [9.17, 15) is 9.59 Å². The Hall–Kier alpha value is -1.78. The van der Waals surface area contributed by atoms with Crippen LogP contribution >= 0.6 is 23.2 Å². The number of hydrogen-bond donors (Lipinski definition) is 1. The summed E-state index contributed by atoms with van der Waals surface area (Å²) >= 11 is 11.9. The molecule has 0 atom stereocenters. The minimum Gasteiger partial charge on any atom is -0.338 e. The normalized spacial score (nSPS) is 14.4. The molecule has 1 saturated heterocycles. The van der Waals surface area contributed by atoms with Crippen LogP contribution in [0.5, 0.6) is 0 Å². The smallest absolute Gasteiger partial charge is 0.261 e. The van der Waals surface area contributed by atoms with E-state index in [1.54, 1.807) is 35.2 Å². The molecule has 1 N–H and O–H groups in total. The Kier molecular flexibility index (Phi) is 4.23. The Labute approximate surface area is 137 Å². The van der Waals surface area contributed by atoms with E-state index in [1.807, 2.05) is 0 Å². The first kappa shape index (κ1) is 15.1. The van der Waals surface area contributed by atoms with E-state index in [-0.39, 0.29) is 11.5 Å². The van der Waals surface area contributed by atoms with Gasteiger partial charge in [0.05, 0.1) is 0 Å². The summed E-state index contributed by atoms with van der Waals surface area (Å²) in [5.41, 5.74) is 1.05. The summed E-state index contributed by atoms with van der Waals surface area (Å²) in [6.07, 6.45) is 1.98. The SMILES string of the molecule is O=C(c1ccc(-c2cc(Cl)cc(Cl)c2)[nH]c1=O)N1CCCC1. The predicted octanol–water partition coefficient (Wildman–Crippen LogP) is 3.58. The number of nitrogens with one attached hydrogen (secondary N) is 1. The van der Waals surface area contributed by atoms with E-state index < -0.39 is 5.56 Å². The Bertz CT molecular complexity index is 760. The lowest BCUT2D eigenvalue weighted by molar-refractivity contribution is 0.0791. The first-order chi connectivity index (χ1) is 10.5. The van der Waals surface area contributed by atoms with Crippen molar-refractivity contribution in [1.29, 1.82) is 0 Å². The molecule has 1 aliphatic rings. The van der Waals surface area contributed by atoms with Gasteiger partial charge in [-0.3, -0.25) is 9.59 Å². The summed E-state index contributed by atoms with van der Waals surface area (Å²) in [6, 6.07) is 8.30. The van der Waals surface area contributed by atoms with Crippen LogP contribution in [0.1, 0.15) is 23.2 Å². The van der Waals surface area contributed by atoms with Crippen molar-refractivity contribution in [1.82, 2.24) is 9.88 Å². The highest BCUT2D eigenvalue weighted by Gasteiger charge is 2.21. The zero-order valence-electron chi connectivity index (χ0n) is 11.7. The zero-order chi connectivity index (χ0) is 15.7. The number of pyridine rings is 1. The molecule has 6 heteroatoms. The summed E-state index contributed by atoms with van der Waals surface area (Å²) in [6.45, 7) is 1.42. The second-order valence-electron chi connectivity index (χ2n) is 5.27. The molecule has 1 aromatic carbocycles. The van der Waals surface area contributed by atoms with Crippen LogP contribution in [0.4, 0.5) is 0 Å². The summed E-state index contributed by atoms with van der Waals surface area (Å²) in [7, 11) is 0. The molecule has 114 valence electrons. The fourth-order valence-electron chi connectivity index (χ4n) is 2.61. The van der Waals surface area contributed by atoms with E-state index in [0.717, 1.165) is 12.8 Å². The van der Waals surface area contributed by atoms with Gasteiger partial charge in [-0.15, -0.1) is 0 Å². The summed E-state index contributed by atoms with van der Waals surface area (Å²) in [5.74, 6) is -0.213. The zero-order valence-corrected chi connectivity index (χ0v) is 13.2. The van der Waals surface area contributed by atoms with Crippen molar-refractivity contribution in [2.45, 2.75) is 12.8 Å². The van der Waals surface area contributed by atoms with Gasteiger partial charge in [0.2, 0.25) is 0 Å².